The summed E-state index contributed by atoms with van der Waals surface area (Å²) < 4.78 is 26.1. The average Bonchev–Trinajstić information content (AvgIpc) is 2.62. The lowest BCUT2D eigenvalue weighted by molar-refractivity contribution is 0.607. The van der Waals surface area contributed by atoms with Gasteiger partial charge in [-0.15, -0.1) is 12.6 Å². The minimum atomic E-state index is -3.29. The quantitative estimate of drug-likeness (QED) is 0.813. The van der Waals surface area contributed by atoms with E-state index in [4.69, 9.17) is 0 Å². The Labute approximate surface area is 104 Å². The molecule has 1 aromatic heterocycles. The molecule has 0 fully saturated rings. The van der Waals surface area contributed by atoms with Gasteiger partial charge in [0.1, 0.15) is 6.33 Å². The van der Waals surface area contributed by atoms with Gasteiger partial charge in [0.15, 0.2) is 5.16 Å². The predicted molar refractivity (Wildman–Crippen MR) is 67.1 cm³/mol. The molecule has 1 aromatic carbocycles. The van der Waals surface area contributed by atoms with Crippen LogP contribution in [-0.2, 0) is 10.0 Å². The van der Waals surface area contributed by atoms with Gasteiger partial charge in [-0.05, 0) is 18.2 Å². The molecule has 0 atom stereocenters. The average molecular weight is 270 g/mol. The number of hydrogen-bond donors (Lipinski definition) is 2. The Kier molecular flexibility index (Phi) is 3.07. The fraction of sp³-hybridized carbons (Fsp3) is 0.111. The summed E-state index contributed by atoms with van der Waals surface area (Å²) in [5.41, 5.74) is 1.15. The fourth-order valence-electron chi connectivity index (χ4n) is 1.33. The van der Waals surface area contributed by atoms with Crippen LogP contribution < -0.4 is 4.72 Å². The van der Waals surface area contributed by atoms with Gasteiger partial charge in [-0.1, -0.05) is 6.07 Å². The van der Waals surface area contributed by atoms with Crippen molar-refractivity contribution in [3.8, 4) is 5.69 Å². The molecule has 2 aromatic rings. The lowest BCUT2D eigenvalue weighted by atomic mass is 10.3. The maximum absolute atomic E-state index is 11.1. The molecule has 0 aliphatic carbocycles. The van der Waals surface area contributed by atoms with Crippen LogP contribution in [0.5, 0.6) is 0 Å². The van der Waals surface area contributed by atoms with Gasteiger partial charge in [-0.3, -0.25) is 4.72 Å². The van der Waals surface area contributed by atoms with E-state index < -0.39 is 10.0 Å². The van der Waals surface area contributed by atoms with Crippen LogP contribution in [0.2, 0.25) is 0 Å². The first-order chi connectivity index (χ1) is 7.96. The summed E-state index contributed by atoms with van der Waals surface area (Å²) in [7, 11) is -3.29. The third-order valence-electron chi connectivity index (χ3n) is 1.92. The van der Waals surface area contributed by atoms with Gasteiger partial charge in [-0.25, -0.2) is 18.1 Å². The smallest absolute Gasteiger partial charge is 0.229 e. The van der Waals surface area contributed by atoms with Crippen molar-refractivity contribution >= 4 is 28.3 Å². The molecule has 0 spiro atoms. The van der Waals surface area contributed by atoms with Crippen LogP contribution in [0, 0.1) is 0 Å². The number of hydrogen-bond acceptors (Lipinski definition) is 5. The summed E-state index contributed by atoms with van der Waals surface area (Å²) in [5, 5.41) is 4.41. The van der Waals surface area contributed by atoms with Gasteiger partial charge in [0.05, 0.1) is 17.6 Å². The van der Waals surface area contributed by atoms with E-state index in [2.05, 4.69) is 27.4 Å². The molecular formula is C9H10N4O2S2. The Morgan fingerprint density at radius 1 is 1.41 bits per heavy atom. The van der Waals surface area contributed by atoms with Crippen LogP contribution in [-0.4, -0.2) is 29.4 Å². The number of thiol groups is 1. The van der Waals surface area contributed by atoms with Crippen LogP contribution >= 0.6 is 12.6 Å². The van der Waals surface area contributed by atoms with Crippen molar-refractivity contribution in [2.24, 2.45) is 0 Å². The predicted octanol–water partition coefficient (Wildman–Crippen LogP) is 0.927. The Morgan fingerprint density at radius 2 is 2.18 bits per heavy atom. The van der Waals surface area contributed by atoms with E-state index in [1.165, 1.54) is 11.0 Å². The van der Waals surface area contributed by atoms with E-state index in [0.29, 0.717) is 16.5 Å². The summed E-state index contributed by atoms with van der Waals surface area (Å²) in [4.78, 5) is 3.87. The van der Waals surface area contributed by atoms with Crippen LogP contribution in [0.4, 0.5) is 5.69 Å². The summed E-state index contributed by atoms with van der Waals surface area (Å²) in [6, 6.07) is 6.80. The Hall–Kier alpha value is -1.54. The molecule has 0 aliphatic rings. The molecule has 17 heavy (non-hydrogen) atoms. The molecule has 0 unspecified atom stereocenters. The second-order valence-corrected chi connectivity index (χ2v) is 5.54. The number of sulfonamides is 1. The molecule has 0 amide bonds. The molecule has 6 nitrogen and oxygen atoms in total. The van der Waals surface area contributed by atoms with Crippen molar-refractivity contribution in [2.75, 3.05) is 11.0 Å². The van der Waals surface area contributed by atoms with Gasteiger partial charge < -0.3 is 0 Å². The number of aromatic nitrogens is 3. The van der Waals surface area contributed by atoms with Gasteiger partial charge >= 0.3 is 0 Å². The second-order valence-electron chi connectivity index (χ2n) is 3.40. The highest BCUT2D eigenvalue weighted by atomic mass is 32.2. The van der Waals surface area contributed by atoms with Crippen LogP contribution in [0.15, 0.2) is 35.7 Å². The van der Waals surface area contributed by atoms with Gasteiger partial charge in [0, 0.05) is 0 Å². The molecule has 1 N–H and O–H groups in total. The molecular weight excluding hydrogens is 260 g/mol. The number of nitrogens with zero attached hydrogens (tertiary/aromatic N) is 3. The second kappa shape index (κ2) is 4.38. The van der Waals surface area contributed by atoms with E-state index in [-0.39, 0.29) is 0 Å². The zero-order valence-electron chi connectivity index (χ0n) is 8.90. The summed E-state index contributed by atoms with van der Waals surface area (Å²) >= 11 is 4.13. The van der Waals surface area contributed by atoms with E-state index in [0.717, 1.165) is 6.26 Å². The first-order valence-electron chi connectivity index (χ1n) is 4.63. The third kappa shape index (κ3) is 2.98. The highest BCUT2D eigenvalue weighted by molar-refractivity contribution is 7.92. The molecule has 1 heterocycles. The molecule has 90 valence electrons. The van der Waals surface area contributed by atoms with Crippen molar-refractivity contribution in [1.82, 2.24) is 14.8 Å². The lowest BCUT2D eigenvalue weighted by Gasteiger charge is -2.07. The maximum atomic E-state index is 11.1. The largest absolute Gasteiger partial charge is 0.284 e. The van der Waals surface area contributed by atoms with Gasteiger partial charge in [-0.2, -0.15) is 5.10 Å². The zero-order valence-corrected chi connectivity index (χ0v) is 10.6. The topological polar surface area (TPSA) is 76.9 Å². The first-order valence-corrected chi connectivity index (χ1v) is 6.97. The van der Waals surface area contributed by atoms with Crippen molar-refractivity contribution in [3.63, 3.8) is 0 Å². The molecule has 0 bridgehead atoms. The normalized spacial score (nSPS) is 11.4. The van der Waals surface area contributed by atoms with Crippen molar-refractivity contribution < 1.29 is 8.42 Å². The van der Waals surface area contributed by atoms with Crippen molar-refractivity contribution in [2.45, 2.75) is 5.16 Å². The standard InChI is InChI=1S/C9H10N4O2S2/c1-17(14,15)12-7-3-2-4-8(5-7)13-9(16)10-6-11-13/h2-6,12H,1H3,(H,10,11,16). The highest BCUT2D eigenvalue weighted by Gasteiger charge is 2.06. The highest BCUT2D eigenvalue weighted by Crippen LogP contribution is 2.16. The summed E-state index contributed by atoms with van der Waals surface area (Å²) in [6.45, 7) is 0. The number of anilines is 1. The molecule has 0 aliphatic heterocycles. The molecule has 0 radical (unpaired) electrons. The van der Waals surface area contributed by atoms with E-state index >= 15 is 0 Å². The summed E-state index contributed by atoms with van der Waals surface area (Å²) in [6.07, 6.45) is 2.47. The van der Waals surface area contributed by atoms with E-state index in [1.807, 2.05) is 0 Å². The van der Waals surface area contributed by atoms with Crippen LogP contribution in [0.3, 0.4) is 0 Å². The number of rotatable bonds is 3. The Balaban J connectivity index is 2.39. The summed E-state index contributed by atoms with van der Waals surface area (Å²) in [5.74, 6) is 0. The number of benzene rings is 1. The zero-order chi connectivity index (χ0) is 12.5. The fourth-order valence-corrected chi connectivity index (χ4v) is 2.11. The molecule has 2 rings (SSSR count). The molecule has 8 heteroatoms. The number of nitrogens with one attached hydrogen (secondary N) is 1. The van der Waals surface area contributed by atoms with Crippen molar-refractivity contribution in [3.05, 3.63) is 30.6 Å². The van der Waals surface area contributed by atoms with Crippen LogP contribution in [0.25, 0.3) is 5.69 Å². The van der Waals surface area contributed by atoms with Crippen LogP contribution in [0.1, 0.15) is 0 Å². The molecule has 0 saturated heterocycles. The van der Waals surface area contributed by atoms with Gasteiger partial charge in [0.25, 0.3) is 0 Å². The Bertz CT molecular complexity index is 636. The van der Waals surface area contributed by atoms with E-state index in [9.17, 15) is 8.42 Å². The molecule has 0 saturated carbocycles. The third-order valence-corrected chi connectivity index (χ3v) is 2.84. The monoisotopic (exact) mass is 270 g/mol. The first kappa shape index (κ1) is 11.9. The Morgan fingerprint density at radius 3 is 2.76 bits per heavy atom. The minimum absolute atomic E-state index is 0.432. The maximum Gasteiger partial charge on any atom is 0.229 e. The minimum Gasteiger partial charge on any atom is -0.284 e. The SMILES string of the molecule is CS(=O)(=O)Nc1cccc(-n2ncnc2S)c1. The van der Waals surface area contributed by atoms with E-state index in [1.54, 1.807) is 24.3 Å². The lowest BCUT2D eigenvalue weighted by Crippen LogP contribution is -2.10. The van der Waals surface area contributed by atoms with Crippen molar-refractivity contribution in [1.29, 1.82) is 0 Å². The van der Waals surface area contributed by atoms with Gasteiger partial charge in [0.2, 0.25) is 10.0 Å².